The summed E-state index contributed by atoms with van der Waals surface area (Å²) in [5.41, 5.74) is 18.5. The van der Waals surface area contributed by atoms with Crippen LogP contribution in [-0.4, -0.2) is 74.6 Å². The van der Waals surface area contributed by atoms with E-state index in [1.54, 1.807) is 6.07 Å². The topological polar surface area (TPSA) is 206 Å². The van der Waals surface area contributed by atoms with Crippen molar-refractivity contribution in [2.45, 2.75) is 55.3 Å². The van der Waals surface area contributed by atoms with Crippen molar-refractivity contribution in [2.24, 2.45) is 17.2 Å². The minimum atomic E-state index is -2.56. The Bertz CT molecular complexity index is 1080. The molecular weight excluding hydrogens is 416 g/mol. The van der Waals surface area contributed by atoms with E-state index in [4.69, 9.17) is 17.2 Å². The van der Waals surface area contributed by atoms with Gasteiger partial charge in [-0.1, -0.05) is 12.1 Å². The molecule has 0 bridgehead atoms. The molecular formula is C20H28N8O4+2. The van der Waals surface area contributed by atoms with Crippen LogP contribution in [0.4, 0.5) is 0 Å². The lowest BCUT2D eigenvalue weighted by molar-refractivity contribution is -0.672. The fraction of sp³-hybridized carbons (Fsp3) is 0.500. The number of carbonyl (C=O) groups excluding carboxylic acids is 2. The molecule has 3 aliphatic heterocycles. The van der Waals surface area contributed by atoms with Gasteiger partial charge in [-0.3, -0.25) is 31.4 Å². The monoisotopic (exact) mass is 444 g/mol. The molecule has 0 aromatic heterocycles. The lowest BCUT2D eigenvalue weighted by atomic mass is 9.84. The van der Waals surface area contributed by atoms with Gasteiger partial charge in [0, 0.05) is 5.56 Å². The van der Waals surface area contributed by atoms with Gasteiger partial charge in [0.1, 0.15) is 6.04 Å². The van der Waals surface area contributed by atoms with Crippen LogP contribution in [0.3, 0.4) is 0 Å². The van der Waals surface area contributed by atoms with Crippen molar-refractivity contribution < 1.29 is 29.4 Å². The predicted octanol–water partition coefficient (Wildman–Crippen LogP) is -5.79. The molecule has 2 amide bonds. The summed E-state index contributed by atoms with van der Waals surface area (Å²) in [4.78, 5) is 28.1. The van der Waals surface area contributed by atoms with E-state index in [9.17, 15) is 19.8 Å². The molecule has 1 fully saturated rings. The molecule has 1 spiro atoms. The molecule has 5 rings (SSSR count). The molecule has 1 aromatic carbocycles. The Labute approximate surface area is 183 Å². The Kier molecular flexibility index (Phi) is 4.37. The standard InChI is InChI=1S/C20H26N8O4/c21-15(29)13-14-19(27-17(22)26-14)20(31,32)12(8-28(19)18(23)25-13)24-16(30)11-7-3-5-9-4-1-2-6-10(9)11/h3,5,7,12-14,31-32H,1-2,4,6,8H2,(H8,21,22,23,24,25,26,27,29,30)/p+2/t12-,13?,14-,19-/m0/s1. The average Bonchev–Trinajstić information content (AvgIpc) is 3.22. The van der Waals surface area contributed by atoms with Crippen LogP contribution in [0.2, 0.25) is 0 Å². The maximum absolute atomic E-state index is 13.2. The van der Waals surface area contributed by atoms with Crippen molar-refractivity contribution in [3.63, 3.8) is 0 Å². The minimum Gasteiger partial charge on any atom is -0.367 e. The highest BCUT2D eigenvalue weighted by molar-refractivity contribution is 5.96. The molecule has 1 saturated heterocycles. The summed E-state index contributed by atoms with van der Waals surface area (Å²) in [6.45, 7) is -0.0451. The number of primary amides is 1. The first-order chi connectivity index (χ1) is 15.2. The smallest absolute Gasteiger partial charge is 0.347 e. The van der Waals surface area contributed by atoms with Gasteiger partial charge in [-0.2, -0.15) is 0 Å². The average molecular weight is 444 g/mol. The maximum Gasteiger partial charge on any atom is 0.347 e. The molecule has 1 unspecified atom stereocenters. The molecule has 32 heavy (non-hydrogen) atoms. The Morgan fingerprint density at radius 1 is 1.22 bits per heavy atom. The lowest BCUT2D eigenvalue weighted by Crippen LogP contribution is -2.92. The molecule has 1 aromatic rings. The van der Waals surface area contributed by atoms with Crippen LogP contribution in [0.1, 0.15) is 34.3 Å². The predicted molar refractivity (Wildman–Crippen MR) is 112 cm³/mol. The molecule has 1 aliphatic carbocycles. The highest BCUT2D eigenvalue weighted by atomic mass is 16.5. The molecule has 3 heterocycles. The second kappa shape index (κ2) is 6.81. The Morgan fingerprint density at radius 3 is 2.72 bits per heavy atom. The van der Waals surface area contributed by atoms with Gasteiger partial charge < -0.3 is 21.3 Å². The molecule has 0 saturated carbocycles. The zero-order valence-electron chi connectivity index (χ0n) is 17.4. The van der Waals surface area contributed by atoms with E-state index in [2.05, 4.69) is 20.9 Å². The van der Waals surface area contributed by atoms with Crippen molar-refractivity contribution in [3.05, 3.63) is 34.9 Å². The number of aliphatic hydroxyl groups is 2. The van der Waals surface area contributed by atoms with Gasteiger partial charge in [0.25, 0.3) is 23.3 Å². The van der Waals surface area contributed by atoms with Crippen molar-refractivity contribution in [3.8, 4) is 0 Å². The first-order valence-electron chi connectivity index (χ1n) is 10.7. The Balaban J connectivity index is 1.51. The van der Waals surface area contributed by atoms with Crippen molar-refractivity contribution >= 4 is 23.7 Å². The summed E-state index contributed by atoms with van der Waals surface area (Å²) in [6, 6.07) is 2.41. The third-order valence-electron chi connectivity index (χ3n) is 7.10. The number of rotatable bonds is 3. The number of fused-ring (bicyclic) bond motifs is 1. The number of nitrogens with two attached hydrogens (primary N) is 3. The first-order valence-corrected chi connectivity index (χ1v) is 10.7. The van der Waals surface area contributed by atoms with Crippen LogP contribution in [0.25, 0.3) is 0 Å². The van der Waals surface area contributed by atoms with Crippen molar-refractivity contribution in [2.75, 3.05) is 6.54 Å². The van der Waals surface area contributed by atoms with Gasteiger partial charge in [-0.25, -0.2) is 9.89 Å². The van der Waals surface area contributed by atoms with Gasteiger partial charge in [0.15, 0.2) is 12.1 Å². The van der Waals surface area contributed by atoms with E-state index in [0.29, 0.717) is 5.56 Å². The van der Waals surface area contributed by atoms with Crippen LogP contribution in [0, 0.1) is 0 Å². The zero-order valence-corrected chi connectivity index (χ0v) is 17.4. The molecule has 12 nitrogen and oxygen atoms in total. The van der Waals surface area contributed by atoms with Crippen LogP contribution in [0.5, 0.6) is 0 Å². The largest absolute Gasteiger partial charge is 0.367 e. The zero-order chi connectivity index (χ0) is 22.8. The number of aryl methyl sites for hydroxylation is 1. The van der Waals surface area contributed by atoms with E-state index < -0.39 is 41.4 Å². The summed E-state index contributed by atoms with van der Waals surface area (Å²) >= 11 is 0. The number of benzene rings is 1. The fourth-order valence-corrected chi connectivity index (χ4v) is 5.61. The first kappa shape index (κ1) is 20.5. The maximum atomic E-state index is 13.2. The number of nitrogens with one attached hydrogen (secondary N) is 4. The van der Waals surface area contributed by atoms with E-state index in [-0.39, 0.29) is 18.5 Å². The Morgan fingerprint density at radius 2 is 1.97 bits per heavy atom. The van der Waals surface area contributed by atoms with Gasteiger partial charge in [0.2, 0.25) is 0 Å². The van der Waals surface area contributed by atoms with Gasteiger partial charge in [-0.05, 0) is 42.9 Å². The van der Waals surface area contributed by atoms with Crippen LogP contribution >= 0.6 is 0 Å². The van der Waals surface area contributed by atoms with Crippen molar-refractivity contribution in [1.82, 2.24) is 16.0 Å². The molecule has 170 valence electrons. The van der Waals surface area contributed by atoms with Gasteiger partial charge >= 0.3 is 11.9 Å². The molecule has 12 heteroatoms. The quantitative estimate of drug-likeness (QED) is 0.162. The SMILES string of the molecule is NC(=O)C1NC(N)=[N+]2C[C@H](NC(=O)c3cccc4c3CCCC4)C(O)(O)[C@@]23NC(N)=[NH+][C@@H]13. The normalized spacial score (nSPS) is 32.1. The third-order valence-corrected chi connectivity index (χ3v) is 7.10. The molecule has 12 N–H and O–H groups in total. The van der Waals surface area contributed by atoms with Crippen LogP contribution in [0.15, 0.2) is 18.2 Å². The number of carbonyl (C=O) groups is 2. The number of amides is 2. The number of hydrogen-bond donors (Lipinski definition) is 9. The fourth-order valence-electron chi connectivity index (χ4n) is 5.61. The number of nitrogens with zero attached hydrogens (tertiary/aromatic N) is 1. The minimum absolute atomic E-state index is 0.00960. The second-order valence-electron chi connectivity index (χ2n) is 8.85. The second-order valence-corrected chi connectivity index (χ2v) is 8.85. The molecule has 4 aliphatic rings. The van der Waals surface area contributed by atoms with E-state index in [1.807, 2.05) is 12.1 Å². The summed E-state index contributed by atoms with van der Waals surface area (Å²) in [6.07, 6.45) is 3.79. The summed E-state index contributed by atoms with van der Waals surface area (Å²) in [7, 11) is 0. The highest BCUT2D eigenvalue weighted by Crippen LogP contribution is 2.37. The van der Waals surface area contributed by atoms with Crippen LogP contribution < -0.4 is 38.1 Å². The van der Waals surface area contributed by atoms with Gasteiger partial charge in [0.05, 0.1) is 6.54 Å². The molecule has 0 radical (unpaired) electrons. The summed E-state index contributed by atoms with van der Waals surface area (Å²) in [5.74, 6) is -3.68. The number of guanidine groups is 2. The Hall–Kier alpha value is -3.38. The number of hydrogen-bond acceptors (Lipinski definition) is 8. The summed E-state index contributed by atoms with van der Waals surface area (Å²) < 4.78 is 1.45. The lowest BCUT2D eigenvalue weighted by Gasteiger charge is -2.40. The highest BCUT2D eigenvalue weighted by Gasteiger charge is 2.78. The van der Waals surface area contributed by atoms with Crippen LogP contribution in [-0.2, 0) is 17.6 Å². The van der Waals surface area contributed by atoms with Crippen molar-refractivity contribution in [1.29, 1.82) is 0 Å². The summed E-state index contributed by atoms with van der Waals surface area (Å²) in [5, 5.41) is 31.1. The third kappa shape index (κ3) is 2.62. The molecule has 4 atom stereocenters. The van der Waals surface area contributed by atoms with E-state index >= 15 is 0 Å². The van der Waals surface area contributed by atoms with E-state index in [0.717, 1.165) is 36.8 Å². The van der Waals surface area contributed by atoms with Gasteiger partial charge in [-0.15, -0.1) is 0 Å². The van der Waals surface area contributed by atoms with E-state index in [1.165, 1.54) is 4.58 Å².